The number of ether oxygens (including phenoxy) is 1. The Bertz CT molecular complexity index is 1270. The van der Waals surface area contributed by atoms with E-state index in [4.69, 9.17) is 4.74 Å². The number of rotatable bonds is 6. The summed E-state index contributed by atoms with van der Waals surface area (Å²) in [6.45, 7) is 8.48. The number of methoxy groups -OCH3 is 1. The van der Waals surface area contributed by atoms with Gasteiger partial charge in [-0.2, -0.15) is 0 Å². The maximum absolute atomic E-state index is 13.9. The van der Waals surface area contributed by atoms with Gasteiger partial charge in [-0.25, -0.2) is 14.8 Å². The Morgan fingerprint density at radius 1 is 0.921 bits per heavy atom. The Labute approximate surface area is 223 Å². The van der Waals surface area contributed by atoms with E-state index in [9.17, 15) is 14.4 Å². The minimum Gasteiger partial charge on any atom is -0.465 e. The summed E-state index contributed by atoms with van der Waals surface area (Å²) in [6, 6.07) is 19.3. The molecule has 1 fully saturated rings. The van der Waals surface area contributed by atoms with Crippen molar-refractivity contribution >= 4 is 17.8 Å². The Morgan fingerprint density at radius 2 is 1.50 bits per heavy atom. The van der Waals surface area contributed by atoms with Gasteiger partial charge >= 0.3 is 5.97 Å². The number of esters is 1. The Balaban J connectivity index is 1.60. The number of benzene rings is 2. The number of carbonyl (C=O) groups excluding carboxylic acids is 3. The maximum atomic E-state index is 13.9. The zero-order valence-electron chi connectivity index (χ0n) is 22.5. The van der Waals surface area contributed by atoms with Crippen molar-refractivity contribution in [3.8, 4) is 0 Å². The second-order valence-corrected chi connectivity index (χ2v) is 9.91. The number of aryl methyl sites for hydroxylation is 1. The Kier molecular flexibility index (Phi) is 8.20. The number of aromatic nitrogens is 2. The molecule has 2 amide bonds. The van der Waals surface area contributed by atoms with Crippen molar-refractivity contribution < 1.29 is 19.1 Å². The molecule has 1 unspecified atom stereocenters. The van der Waals surface area contributed by atoms with Crippen molar-refractivity contribution in [3.05, 3.63) is 94.6 Å². The van der Waals surface area contributed by atoms with E-state index >= 15 is 0 Å². The number of carbonyl (C=O) groups is 3. The molecule has 0 aliphatic carbocycles. The summed E-state index contributed by atoms with van der Waals surface area (Å²) in [5.74, 6) is -1.12. The number of amides is 2. The molecular formula is C30H34N4O4. The third-order valence-electron chi connectivity index (χ3n) is 6.90. The van der Waals surface area contributed by atoms with Crippen LogP contribution in [0.3, 0.4) is 0 Å². The molecule has 2 heterocycles. The highest BCUT2D eigenvalue weighted by Crippen LogP contribution is 2.29. The molecule has 198 valence electrons. The van der Waals surface area contributed by atoms with Crippen LogP contribution < -0.4 is 0 Å². The quantitative estimate of drug-likeness (QED) is 0.458. The van der Waals surface area contributed by atoms with Gasteiger partial charge in [-0.05, 0) is 30.9 Å². The molecule has 3 aromatic rings. The van der Waals surface area contributed by atoms with Crippen LogP contribution in [-0.4, -0.2) is 70.3 Å². The van der Waals surface area contributed by atoms with Crippen LogP contribution >= 0.6 is 0 Å². The summed E-state index contributed by atoms with van der Waals surface area (Å²) in [6.07, 6.45) is 0. The summed E-state index contributed by atoms with van der Waals surface area (Å²) in [4.78, 5) is 52.6. The molecule has 0 radical (unpaired) electrons. The number of nitrogens with zero attached hydrogens (tertiary/aromatic N) is 4. The number of hydrogen-bond acceptors (Lipinski definition) is 6. The molecule has 1 aliphatic rings. The largest absolute Gasteiger partial charge is 0.465 e. The minimum atomic E-state index is -0.632. The zero-order valence-corrected chi connectivity index (χ0v) is 22.5. The van der Waals surface area contributed by atoms with Crippen molar-refractivity contribution in [2.24, 2.45) is 0 Å². The summed E-state index contributed by atoms with van der Waals surface area (Å²) in [5.41, 5.74) is 2.50. The average Bonchev–Trinajstić information content (AvgIpc) is 2.92. The first kappa shape index (κ1) is 27.0. The maximum Gasteiger partial charge on any atom is 0.342 e. The van der Waals surface area contributed by atoms with Gasteiger partial charge in [0.1, 0.15) is 17.1 Å². The predicted octanol–water partition coefficient (Wildman–Crippen LogP) is 4.20. The molecule has 1 aliphatic heterocycles. The smallest absolute Gasteiger partial charge is 0.342 e. The van der Waals surface area contributed by atoms with Gasteiger partial charge in [0.2, 0.25) is 5.91 Å². The van der Waals surface area contributed by atoms with Crippen LogP contribution in [0.5, 0.6) is 0 Å². The molecule has 0 saturated carbocycles. The molecule has 8 nitrogen and oxygen atoms in total. The van der Waals surface area contributed by atoms with Crippen LogP contribution in [0.15, 0.2) is 60.7 Å². The lowest BCUT2D eigenvalue weighted by Crippen LogP contribution is -2.56. The highest BCUT2D eigenvalue weighted by Gasteiger charge is 2.37. The van der Waals surface area contributed by atoms with E-state index < -0.39 is 11.9 Å². The van der Waals surface area contributed by atoms with Crippen LogP contribution in [0.25, 0.3) is 0 Å². The van der Waals surface area contributed by atoms with Gasteiger partial charge in [0.15, 0.2) is 0 Å². The molecule has 38 heavy (non-hydrogen) atoms. The molecule has 0 N–H and O–H groups in total. The lowest BCUT2D eigenvalue weighted by Gasteiger charge is -2.41. The van der Waals surface area contributed by atoms with Crippen LogP contribution in [0.2, 0.25) is 0 Å². The van der Waals surface area contributed by atoms with Gasteiger partial charge in [-0.3, -0.25) is 9.59 Å². The fourth-order valence-corrected chi connectivity index (χ4v) is 5.02. The summed E-state index contributed by atoms with van der Waals surface area (Å²) in [5, 5.41) is 0. The molecule has 4 rings (SSSR count). The highest BCUT2D eigenvalue weighted by atomic mass is 16.5. The molecule has 1 aromatic heterocycles. The van der Waals surface area contributed by atoms with Crippen LogP contribution in [0.4, 0.5) is 0 Å². The third-order valence-corrected chi connectivity index (χ3v) is 6.90. The lowest BCUT2D eigenvalue weighted by molar-refractivity contribution is -0.136. The summed E-state index contributed by atoms with van der Waals surface area (Å²) in [7, 11) is 1.28. The number of piperazine rings is 1. The monoisotopic (exact) mass is 514 g/mol. The standard InChI is InChI=1S/C30H34N4O4/c1-19(2)26-25(30(37)38-5)27(32-21(4)31-26)29(36)33-16-17-34(20(3)18-33)28(35)24(22-12-8-6-9-13-22)23-14-10-7-11-15-23/h6-15,19-20,24H,16-18H2,1-5H3. The Morgan fingerprint density at radius 3 is 2.00 bits per heavy atom. The SMILES string of the molecule is COC(=O)c1c(C(=O)N2CCN(C(=O)C(c3ccccc3)c3ccccc3)C(C)C2)nc(C)nc1C(C)C. The molecule has 1 atom stereocenters. The van der Waals surface area contributed by atoms with E-state index in [0.717, 1.165) is 11.1 Å². The molecule has 1 saturated heterocycles. The Hall–Kier alpha value is -4.07. The van der Waals surface area contributed by atoms with Crippen molar-refractivity contribution in [1.82, 2.24) is 19.8 Å². The van der Waals surface area contributed by atoms with Crippen molar-refractivity contribution in [1.29, 1.82) is 0 Å². The highest BCUT2D eigenvalue weighted by molar-refractivity contribution is 6.04. The van der Waals surface area contributed by atoms with Crippen LogP contribution in [0, 0.1) is 6.92 Å². The predicted molar refractivity (Wildman–Crippen MR) is 144 cm³/mol. The number of hydrogen-bond donors (Lipinski definition) is 0. The lowest BCUT2D eigenvalue weighted by atomic mass is 9.89. The van der Waals surface area contributed by atoms with Gasteiger partial charge in [-0.15, -0.1) is 0 Å². The average molecular weight is 515 g/mol. The normalized spacial score (nSPS) is 15.6. The second kappa shape index (κ2) is 11.5. The first-order valence-corrected chi connectivity index (χ1v) is 12.9. The van der Waals surface area contributed by atoms with E-state index in [1.165, 1.54) is 7.11 Å². The van der Waals surface area contributed by atoms with Gasteiger partial charge in [0.25, 0.3) is 5.91 Å². The molecule has 2 aromatic carbocycles. The second-order valence-electron chi connectivity index (χ2n) is 9.91. The fraction of sp³-hybridized carbons (Fsp3) is 0.367. The van der Waals surface area contributed by atoms with E-state index in [0.29, 0.717) is 31.2 Å². The summed E-state index contributed by atoms with van der Waals surface area (Å²) < 4.78 is 4.98. The summed E-state index contributed by atoms with van der Waals surface area (Å²) >= 11 is 0. The van der Waals surface area contributed by atoms with Gasteiger partial charge < -0.3 is 14.5 Å². The van der Waals surface area contributed by atoms with Crippen molar-refractivity contribution in [3.63, 3.8) is 0 Å². The first-order valence-electron chi connectivity index (χ1n) is 12.9. The van der Waals surface area contributed by atoms with E-state index in [2.05, 4.69) is 9.97 Å². The molecular weight excluding hydrogens is 480 g/mol. The third kappa shape index (κ3) is 5.44. The van der Waals surface area contributed by atoms with Gasteiger partial charge in [0.05, 0.1) is 18.7 Å². The molecule has 0 spiro atoms. The first-order chi connectivity index (χ1) is 18.2. The van der Waals surface area contributed by atoms with Crippen molar-refractivity contribution in [2.45, 2.75) is 45.6 Å². The zero-order chi connectivity index (χ0) is 27.4. The van der Waals surface area contributed by atoms with E-state index in [1.54, 1.807) is 11.8 Å². The minimum absolute atomic E-state index is 0.00257. The van der Waals surface area contributed by atoms with E-state index in [1.807, 2.05) is 86.3 Å². The topological polar surface area (TPSA) is 92.7 Å². The molecule has 8 heteroatoms. The van der Waals surface area contributed by atoms with Crippen LogP contribution in [0.1, 0.15) is 76.1 Å². The fourth-order valence-electron chi connectivity index (χ4n) is 5.02. The molecule has 0 bridgehead atoms. The van der Waals surface area contributed by atoms with E-state index in [-0.39, 0.29) is 35.0 Å². The van der Waals surface area contributed by atoms with Gasteiger partial charge in [-0.1, -0.05) is 74.5 Å². The van der Waals surface area contributed by atoms with Crippen LogP contribution in [-0.2, 0) is 9.53 Å². The van der Waals surface area contributed by atoms with Crippen molar-refractivity contribution in [2.75, 3.05) is 26.7 Å². The van der Waals surface area contributed by atoms with Gasteiger partial charge in [0, 0.05) is 25.7 Å².